The van der Waals surface area contributed by atoms with Crippen molar-refractivity contribution in [2.45, 2.75) is 55.9 Å². The van der Waals surface area contributed by atoms with E-state index >= 15 is 0 Å². The molecule has 0 saturated carbocycles. The van der Waals surface area contributed by atoms with Crippen LogP contribution in [0.1, 0.15) is 60.3 Å². The molecule has 1 aliphatic carbocycles. The second-order valence-electron chi connectivity index (χ2n) is 9.51. The SMILES string of the molecule is O=CN1CCC(c2ccccc2)CC1[C@@H]1CNC[C@]12CCCc1cc(C(F)F)ccc12. The molecule has 1 spiro atoms. The summed E-state index contributed by atoms with van der Waals surface area (Å²) in [6.07, 6.45) is 3.46. The Hall–Kier alpha value is -2.27. The molecular weight excluding hydrogens is 394 g/mol. The summed E-state index contributed by atoms with van der Waals surface area (Å²) in [5.41, 5.74) is 3.69. The summed E-state index contributed by atoms with van der Waals surface area (Å²) in [5, 5.41) is 3.62. The third kappa shape index (κ3) is 3.57. The van der Waals surface area contributed by atoms with Crippen LogP contribution in [0.4, 0.5) is 8.78 Å². The van der Waals surface area contributed by atoms with E-state index in [1.54, 1.807) is 12.1 Å². The molecule has 0 bridgehead atoms. The van der Waals surface area contributed by atoms with Gasteiger partial charge in [0.05, 0.1) is 0 Å². The Balaban J connectivity index is 1.50. The molecule has 5 rings (SSSR count). The molecule has 2 aliphatic heterocycles. The predicted molar refractivity (Wildman–Crippen MR) is 117 cm³/mol. The molecule has 31 heavy (non-hydrogen) atoms. The van der Waals surface area contributed by atoms with Crippen molar-refractivity contribution < 1.29 is 13.6 Å². The average molecular weight is 425 g/mol. The first-order chi connectivity index (χ1) is 15.1. The zero-order valence-electron chi connectivity index (χ0n) is 17.8. The highest BCUT2D eigenvalue weighted by molar-refractivity contribution is 5.50. The molecule has 0 radical (unpaired) electrons. The third-order valence-electron chi connectivity index (χ3n) is 8.06. The molecule has 2 heterocycles. The minimum atomic E-state index is -2.43. The lowest BCUT2D eigenvalue weighted by atomic mass is 9.61. The van der Waals surface area contributed by atoms with Gasteiger partial charge < -0.3 is 10.2 Å². The van der Waals surface area contributed by atoms with Gasteiger partial charge in [-0.3, -0.25) is 4.79 Å². The Kier molecular flexibility index (Phi) is 5.55. The summed E-state index contributed by atoms with van der Waals surface area (Å²) in [6, 6.07) is 16.1. The van der Waals surface area contributed by atoms with Crippen molar-refractivity contribution in [1.82, 2.24) is 10.2 Å². The van der Waals surface area contributed by atoms with Gasteiger partial charge in [0.15, 0.2) is 0 Å². The van der Waals surface area contributed by atoms with Gasteiger partial charge in [0, 0.05) is 42.6 Å². The number of likely N-dealkylation sites (tertiary alicyclic amines) is 1. The third-order valence-corrected chi connectivity index (χ3v) is 8.06. The van der Waals surface area contributed by atoms with E-state index in [0.29, 0.717) is 11.8 Å². The lowest BCUT2D eigenvalue weighted by Gasteiger charge is -2.48. The number of carbonyl (C=O) groups is 1. The molecule has 1 N–H and O–H groups in total. The molecule has 164 valence electrons. The lowest BCUT2D eigenvalue weighted by molar-refractivity contribution is -0.123. The summed E-state index contributed by atoms with van der Waals surface area (Å²) in [4.78, 5) is 14.0. The fourth-order valence-corrected chi connectivity index (χ4v) is 6.59. The maximum Gasteiger partial charge on any atom is 0.263 e. The highest BCUT2D eigenvalue weighted by Crippen LogP contribution is 2.49. The van der Waals surface area contributed by atoms with Gasteiger partial charge in [-0.2, -0.15) is 0 Å². The number of fused-ring (bicyclic) bond motifs is 2. The quantitative estimate of drug-likeness (QED) is 0.714. The van der Waals surface area contributed by atoms with E-state index in [0.717, 1.165) is 63.7 Å². The second kappa shape index (κ2) is 8.34. The van der Waals surface area contributed by atoms with E-state index in [2.05, 4.69) is 29.6 Å². The van der Waals surface area contributed by atoms with Crippen molar-refractivity contribution in [2.24, 2.45) is 5.92 Å². The molecule has 2 aromatic rings. The highest BCUT2D eigenvalue weighted by Gasteiger charge is 2.51. The van der Waals surface area contributed by atoms with Crippen LogP contribution in [0.25, 0.3) is 0 Å². The fraction of sp³-hybridized carbons (Fsp3) is 0.500. The number of nitrogens with one attached hydrogen (secondary N) is 1. The van der Waals surface area contributed by atoms with Crippen LogP contribution in [-0.2, 0) is 16.6 Å². The van der Waals surface area contributed by atoms with Crippen molar-refractivity contribution in [3.8, 4) is 0 Å². The van der Waals surface area contributed by atoms with Crippen molar-refractivity contribution in [3.05, 3.63) is 70.8 Å². The van der Waals surface area contributed by atoms with E-state index in [-0.39, 0.29) is 17.0 Å². The van der Waals surface area contributed by atoms with Crippen molar-refractivity contribution in [2.75, 3.05) is 19.6 Å². The summed E-state index contributed by atoms with van der Waals surface area (Å²) >= 11 is 0. The molecule has 1 amide bonds. The summed E-state index contributed by atoms with van der Waals surface area (Å²) in [6.45, 7) is 2.50. The molecule has 4 atom stereocenters. The fourth-order valence-electron chi connectivity index (χ4n) is 6.59. The molecular formula is C26H30F2N2O. The number of hydrogen-bond donors (Lipinski definition) is 1. The first-order valence-electron chi connectivity index (χ1n) is 11.5. The number of aryl methyl sites for hydroxylation is 1. The number of piperidine rings is 1. The van der Waals surface area contributed by atoms with E-state index in [1.165, 1.54) is 11.1 Å². The minimum Gasteiger partial charge on any atom is -0.342 e. The van der Waals surface area contributed by atoms with Gasteiger partial charge in [-0.05, 0) is 60.8 Å². The normalized spacial score (nSPS) is 30.5. The van der Waals surface area contributed by atoms with E-state index in [9.17, 15) is 13.6 Å². The summed E-state index contributed by atoms with van der Waals surface area (Å²) in [7, 11) is 0. The van der Waals surface area contributed by atoms with Gasteiger partial charge in [0.1, 0.15) is 0 Å². The topological polar surface area (TPSA) is 32.3 Å². The molecule has 3 nitrogen and oxygen atoms in total. The number of amides is 1. The smallest absolute Gasteiger partial charge is 0.263 e. The number of halogens is 2. The van der Waals surface area contributed by atoms with Crippen molar-refractivity contribution in [1.29, 1.82) is 0 Å². The Morgan fingerprint density at radius 3 is 2.77 bits per heavy atom. The van der Waals surface area contributed by atoms with E-state index < -0.39 is 6.43 Å². The zero-order chi connectivity index (χ0) is 21.4. The van der Waals surface area contributed by atoms with Gasteiger partial charge in [-0.15, -0.1) is 0 Å². The van der Waals surface area contributed by atoms with Crippen LogP contribution in [-0.4, -0.2) is 37.0 Å². The molecule has 5 heteroatoms. The van der Waals surface area contributed by atoms with E-state index in [4.69, 9.17) is 0 Å². The molecule has 2 fully saturated rings. The highest BCUT2D eigenvalue weighted by atomic mass is 19.3. The number of hydrogen-bond acceptors (Lipinski definition) is 2. The Morgan fingerprint density at radius 2 is 2.00 bits per heavy atom. The number of benzene rings is 2. The monoisotopic (exact) mass is 424 g/mol. The van der Waals surface area contributed by atoms with Crippen molar-refractivity contribution >= 4 is 6.41 Å². The van der Waals surface area contributed by atoms with Crippen LogP contribution in [0.15, 0.2) is 48.5 Å². The first kappa shape index (κ1) is 20.6. The van der Waals surface area contributed by atoms with Crippen LogP contribution in [0.3, 0.4) is 0 Å². The van der Waals surface area contributed by atoms with E-state index in [1.807, 2.05) is 17.0 Å². The maximum absolute atomic E-state index is 13.3. The van der Waals surface area contributed by atoms with Crippen LogP contribution in [0.5, 0.6) is 0 Å². The van der Waals surface area contributed by atoms with Crippen LogP contribution in [0, 0.1) is 5.92 Å². The number of nitrogens with zero attached hydrogens (tertiary/aromatic N) is 1. The Morgan fingerprint density at radius 1 is 1.16 bits per heavy atom. The molecule has 2 unspecified atom stereocenters. The molecule has 2 aromatic carbocycles. The summed E-state index contributed by atoms with van der Waals surface area (Å²) in [5.74, 6) is 0.741. The second-order valence-corrected chi connectivity index (χ2v) is 9.51. The maximum atomic E-state index is 13.3. The zero-order valence-corrected chi connectivity index (χ0v) is 17.8. The Labute approximate surface area is 182 Å². The average Bonchev–Trinajstić information content (AvgIpc) is 3.22. The number of alkyl halides is 2. The Bertz CT molecular complexity index is 934. The molecule has 3 aliphatic rings. The van der Waals surface area contributed by atoms with Gasteiger partial charge >= 0.3 is 0 Å². The first-order valence-corrected chi connectivity index (χ1v) is 11.5. The van der Waals surface area contributed by atoms with Gasteiger partial charge in [0.2, 0.25) is 6.41 Å². The predicted octanol–water partition coefficient (Wildman–Crippen LogP) is 4.82. The largest absolute Gasteiger partial charge is 0.342 e. The van der Waals surface area contributed by atoms with Crippen LogP contribution in [0.2, 0.25) is 0 Å². The molecule has 0 aromatic heterocycles. The van der Waals surface area contributed by atoms with Gasteiger partial charge in [-0.1, -0.05) is 42.5 Å². The van der Waals surface area contributed by atoms with Crippen LogP contribution >= 0.6 is 0 Å². The standard InChI is InChI=1S/C26H30F2N2O/c27-25(28)21-8-9-22-20(13-21)7-4-11-26(22)16-29-15-23(26)24-14-19(10-12-30(24)17-31)18-5-2-1-3-6-18/h1-3,5-6,8-9,13,17,19,23-25,29H,4,7,10-12,14-16H2/t19?,23-,24?,26-/m0/s1. The minimum absolute atomic E-state index is 0.0846. The molecule has 2 saturated heterocycles. The van der Waals surface area contributed by atoms with Gasteiger partial charge in [0.25, 0.3) is 6.43 Å². The summed E-state index contributed by atoms with van der Waals surface area (Å²) < 4.78 is 26.6. The number of rotatable bonds is 4. The lowest BCUT2D eigenvalue weighted by Crippen LogP contribution is -2.52. The number of carbonyl (C=O) groups excluding carboxylic acids is 1. The van der Waals surface area contributed by atoms with Gasteiger partial charge in [-0.25, -0.2) is 8.78 Å². The van der Waals surface area contributed by atoms with Crippen molar-refractivity contribution in [3.63, 3.8) is 0 Å². The van der Waals surface area contributed by atoms with Crippen LogP contribution < -0.4 is 5.32 Å².